The highest BCUT2D eigenvalue weighted by atomic mass is 79.9. The van der Waals surface area contributed by atoms with E-state index in [-0.39, 0.29) is 0 Å². The summed E-state index contributed by atoms with van der Waals surface area (Å²) in [6.07, 6.45) is 2.12. The summed E-state index contributed by atoms with van der Waals surface area (Å²) in [5.41, 5.74) is 2.62. The molecule has 0 aliphatic carbocycles. The van der Waals surface area contributed by atoms with E-state index < -0.39 is 0 Å². The van der Waals surface area contributed by atoms with Gasteiger partial charge in [0.1, 0.15) is 0 Å². The molecule has 0 fully saturated rings. The van der Waals surface area contributed by atoms with Gasteiger partial charge in [0.25, 0.3) is 0 Å². The van der Waals surface area contributed by atoms with Crippen molar-refractivity contribution in [2.24, 2.45) is 0 Å². The Labute approximate surface area is 92.6 Å². The average molecular weight is 252 g/mol. The molecular weight excluding hydrogens is 238 g/mol. The Balaban J connectivity index is 2.53. The number of nitrogens with one attached hydrogen (secondary N) is 1. The molecule has 0 aliphatic rings. The van der Waals surface area contributed by atoms with Gasteiger partial charge in [0.15, 0.2) is 0 Å². The van der Waals surface area contributed by atoms with Gasteiger partial charge in [-0.3, -0.25) is 0 Å². The number of hydrogen-bond donors (Lipinski definition) is 1. The molecule has 1 aromatic heterocycles. The van der Waals surface area contributed by atoms with Crippen LogP contribution in [0.5, 0.6) is 0 Å². The first-order valence-electron chi connectivity index (χ1n) is 4.90. The molecule has 0 saturated heterocycles. The van der Waals surface area contributed by atoms with Gasteiger partial charge in [0.2, 0.25) is 0 Å². The van der Waals surface area contributed by atoms with Gasteiger partial charge >= 0.3 is 0 Å². The molecule has 2 rings (SSSR count). The Morgan fingerprint density at radius 1 is 1.21 bits per heavy atom. The fraction of sp³-hybridized carbons (Fsp3) is 0.333. The minimum absolute atomic E-state index is 0.502. The number of hydrogen-bond acceptors (Lipinski definition) is 0. The maximum atomic E-state index is 3.63. The maximum absolute atomic E-state index is 3.63. The zero-order valence-corrected chi connectivity index (χ0v) is 10.0. The Hall–Kier alpha value is -0.760. The number of rotatable bonds is 2. The van der Waals surface area contributed by atoms with E-state index >= 15 is 0 Å². The van der Waals surface area contributed by atoms with E-state index in [2.05, 4.69) is 65.2 Å². The summed E-state index contributed by atoms with van der Waals surface area (Å²) >= 11 is 3.63. The third-order valence-electron chi connectivity index (χ3n) is 2.80. The first-order valence-corrected chi connectivity index (χ1v) is 5.82. The van der Waals surface area contributed by atoms with Crippen LogP contribution in [0.3, 0.4) is 0 Å². The topological polar surface area (TPSA) is 15.8 Å². The molecule has 74 valence electrons. The van der Waals surface area contributed by atoms with Gasteiger partial charge in [0.05, 0.1) is 0 Å². The largest absolute Gasteiger partial charge is 0.361 e. The molecule has 1 nitrogen and oxygen atoms in total. The molecule has 2 aromatic rings. The van der Waals surface area contributed by atoms with Crippen molar-refractivity contribution in [3.8, 4) is 0 Å². The van der Waals surface area contributed by atoms with Gasteiger partial charge < -0.3 is 4.98 Å². The lowest BCUT2D eigenvalue weighted by Gasteiger charge is -2.12. The van der Waals surface area contributed by atoms with Crippen LogP contribution in [-0.4, -0.2) is 9.81 Å². The van der Waals surface area contributed by atoms with Crippen LogP contribution in [-0.2, 0) is 0 Å². The van der Waals surface area contributed by atoms with E-state index in [0.29, 0.717) is 10.7 Å². The molecule has 14 heavy (non-hydrogen) atoms. The van der Waals surface area contributed by atoms with Crippen LogP contribution in [0.15, 0.2) is 30.5 Å². The van der Waals surface area contributed by atoms with Crippen molar-refractivity contribution >= 4 is 26.8 Å². The summed E-state index contributed by atoms with van der Waals surface area (Å²) < 4.78 is 0. The predicted octanol–water partition coefficient (Wildman–Crippen LogP) is 4.05. The standard InChI is InChI=1S/C12H14BrN/c1-8(9(2)13)11-7-14-12-6-4-3-5-10(11)12/h3-9,14H,1-2H3. The Morgan fingerprint density at radius 3 is 2.64 bits per heavy atom. The van der Waals surface area contributed by atoms with Gasteiger partial charge in [-0.05, 0) is 17.5 Å². The highest BCUT2D eigenvalue weighted by molar-refractivity contribution is 9.09. The zero-order chi connectivity index (χ0) is 10.1. The molecular formula is C12H14BrN. The van der Waals surface area contributed by atoms with E-state index in [0.717, 1.165) is 0 Å². The minimum Gasteiger partial charge on any atom is -0.361 e. The second-order valence-corrected chi connectivity index (χ2v) is 5.20. The van der Waals surface area contributed by atoms with Crippen LogP contribution in [0.4, 0.5) is 0 Å². The van der Waals surface area contributed by atoms with Crippen molar-refractivity contribution < 1.29 is 0 Å². The average Bonchev–Trinajstić information content (AvgIpc) is 2.60. The molecule has 0 spiro atoms. The fourth-order valence-electron chi connectivity index (χ4n) is 1.72. The zero-order valence-electron chi connectivity index (χ0n) is 8.42. The van der Waals surface area contributed by atoms with Gasteiger partial charge in [-0.25, -0.2) is 0 Å². The number of alkyl halides is 1. The molecule has 0 saturated carbocycles. The molecule has 1 aromatic carbocycles. The van der Waals surface area contributed by atoms with Crippen molar-refractivity contribution in [3.63, 3.8) is 0 Å². The molecule has 0 radical (unpaired) electrons. The first kappa shape index (κ1) is 9.78. The summed E-state index contributed by atoms with van der Waals surface area (Å²) in [6, 6.07) is 8.44. The number of benzene rings is 1. The molecule has 0 amide bonds. The van der Waals surface area contributed by atoms with Crippen molar-refractivity contribution in [2.45, 2.75) is 24.6 Å². The van der Waals surface area contributed by atoms with Crippen molar-refractivity contribution in [3.05, 3.63) is 36.0 Å². The van der Waals surface area contributed by atoms with Crippen LogP contribution in [0.25, 0.3) is 10.9 Å². The van der Waals surface area contributed by atoms with Crippen LogP contribution < -0.4 is 0 Å². The number of para-hydroxylation sites is 1. The van der Waals surface area contributed by atoms with Crippen molar-refractivity contribution in [1.29, 1.82) is 0 Å². The summed E-state index contributed by atoms with van der Waals surface area (Å²) in [4.78, 5) is 3.80. The smallest absolute Gasteiger partial charge is 0.0456 e. The quantitative estimate of drug-likeness (QED) is 0.776. The predicted molar refractivity (Wildman–Crippen MR) is 65.1 cm³/mol. The van der Waals surface area contributed by atoms with E-state index in [1.54, 1.807) is 0 Å². The number of halogens is 1. The number of fused-ring (bicyclic) bond motifs is 1. The first-order chi connectivity index (χ1) is 6.70. The second kappa shape index (κ2) is 3.77. The van der Waals surface area contributed by atoms with Crippen molar-refractivity contribution in [1.82, 2.24) is 4.98 Å². The monoisotopic (exact) mass is 251 g/mol. The minimum atomic E-state index is 0.502. The number of H-pyrrole nitrogens is 1. The Bertz CT molecular complexity index is 431. The van der Waals surface area contributed by atoms with Crippen LogP contribution >= 0.6 is 15.9 Å². The third kappa shape index (κ3) is 1.59. The normalized spacial score (nSPS) is 15.6. The highest BCUT2D eigenvalue weighted by Gasteiger charge is 2.14. The molecule has 1 N–H and O–H groups in total. The molecule has 0 aliphatic heterocycles. The van der Waals surface area contributed by atoms with E-state index in [9.17, 15) is 0 Å². The van der Waals surface area contributed by atoms with Crippen LogP contribution in [0.1, 0.15) is 25.3 Å². The third-order valence-corrected chi connectivity index (χ3v) is 3.59. The van der Waals surface area contributed by atoms with E-state index in [1.807, 2.05) is 0 Å². The van der Waals surface area contributed by atoms with E-state index in [4.69, 9.17) is 0 Å². The van der Waals surface area contributed by atoms with Gasteiger partial charge in [-0.1, -0.05) is 48.0 Å². The van der Waals surface area contributed by atoms with Gasteiger partial charge in [-0.15, -0.1) is 0 Å². The molecule has 1 heterocycles. The lowest BCUT2D eigenvalue weighted by molar-refractivity contribution is 0.768. The summed E-state index contributed by atoms with van der Waals surface area (Å²) in [6.45, 7) is 4.43. The van der Waals surface area contributed by atoms with E-state index in [1.165, 1.54) is 16.5 Å². The molecule has 0 bridgehead atoms. The Kier molecular flexibility index (Phi) is 2.64. The number of aromatic amines is 1. The van der Waals surface area contributed by atoms with Gasteiger partial charge in [0, 0.05) is 21.9 Å². The summed E-state index contributed by atoms with van der Waals surface area (Å²) in [5, 5.41) is 1.34. The highest BCUT2D eigenvalue weighted by Crippen LogP contribution is 2.30. The van der Waals surface area contributed by atoms with Gasteiger partial charge in [-0.2, -0.15) is 0 Å². The molecule has 2 unspecified atom stereocenters. The number of aromatic nitrogens is 1. The van der Waals surface area contributed by atoms with Crippen LogP contribution in [0, 0.1) is 0 Å². The lowest BCUT2D eigenvalue weighted by atomic mass is 9.98. The second-order valence-electron chi connectivity index (χ2n) is 3.76. The SMILES string of the molecule is CC(Br)C(C)c1c[nH]c2ccccc12. The van der Waals surface area contributed by atoms with Crippen molar-refractivity contribution in [2.75, 3.05) is 0 Å². The summed E-state index contributed by atoms with van der Waals surface area (Å²) in [5.74, 6) is 0.533. The molecule has 2 atom stereocenters. The molecule has 2 heteroatoms. The van der Waals surface area contributed by atoms with Crippen LogP contribution in [0.2, 0.25) is 0 Å². The fourth-order valence-corrected chi connectivity index (χ4v) is 2.00. The Morgan fingerprint density at radius 2 is 1.93 bits per heavy atom. The maximum Gasteiger partial charge on any atom is 0.0456 e. The lowest BCUT2D eigenvalue weighted by Crippen LogP contribution is -2.03. The summed E-state index contributed by atoms with van der Waals surface area (Å²) in [7, 11) is 0.